The molecule has 0 aliphatic heterocycles. The van der Waals surface area contributed by atoms with Gasteiger partial charge in [0.15, 0.2) is 0 Å². The van der Waals surface area contributed by atoms with Crippen molar-refractivity contribution in [2.24, 2.45) is 0 Å². The summed E-state index contributed by atoms with van der Waals surface area (Å²) in [4.78, 5) is 27.4. The molecule has 0 aliphatic carbocycles. The monoisotopic (exact) mass is 523 g/mol. The molecule has 0 radical (unpaired) electrons. The number of carbonyl (C=O) groups excluding carboxylic acids is 2. The summed E-state index contributed by atoms with van der Waals surface area (Å²) in [5, 5.41) is 3.42. The van der Waals surface area contributed by atoms with E-state index in [1.165, 1.54) is 16.3 Å². The minimum absolute atomic E-state index is 0.0696. The molecule has 2 aromatic rings. The van der Waals surface area contributed by atoms with Crippen molar-refractivity contribution in [1.29, 1.82) is 0 Å². The zero-order chi connectivity index (χ0) is 26.0. The number of hydrogen-bond donors (Lipinski definition) is 1. The Morgan fingerprint density at radius 1 is 1.11 bits per heavy atom. The van der Waals surface area contributed by atoms with E-state index in [0.717, 1.165) is 18.2 Å². The van der Waals surface area contributed by atoms with E-state index in [1.54, 1.807) is 43.3 Å². The predicted molar refractivity (Wildman–Crippen MR) is 139 cm³/mol. The molecule has 0 saturated heterocycles. The molecule has 1 atom stereocenters. The zero-order valence-electron chi connectivity index (χ0n) is 20.7. The standard InChI is InChI=1S/C25H34ClN3O5S/c1-5-16-27-25(31)19(2)28(18-20-12-14-21(26)15-13-20)24(30)11-8-17-29(35(4,32)33)22-9-6-7-10-23(22)34-3/h6-7,9-10,12-15,19H,5,8,11,16-18H2,1-4H3,(H,27,31)/t19-/m0/s1. The molecule has 2 rings (SSSR count). The van der Waals surface area contributed by atoms with Crippen LogP contribution in [0.25, 0.3) is 0 Å². The van der Waals surface area contributed by atoms with Gasteiger partial charge in [0.05, 0.1) is 19.1 Å². The first-order chi connectivity index (χ1) is 16.6. The predicted octanol–water partition coefficient (Wildman–Crippen LogP) is 3.84. The number of hydrogen-bond acceptors (Lipinski definition) is 5. The average molecular weight is 524 g/mol. The minimum Gasteiger partial charge on any atom is -0.495 e. The Labute approximate surface area is 213 Å². The van der Waals surface area contributed by atoms with Crippen molar-refractivity contribution in [1.82, 2.24) is 10.2 Å². The van der Waals surface area contributed by atoms with Crippen molar-refractivity contribution >= 4 is 39.1 Å². The van der Waals surface area contributed by atoms with Crippen LogP contribution in [0, 0.1) is 0 Å². The molecule has 0 unspecified atom stereocenters. The fourth-order valence-corrected chi connectivity index (χ4v) is 4.68. The molecule has 2 aromatic carbocycles. The van der Waals surface area contributed by atoms with Crippen molar-refractivity contribution in [2.45, 2.75) is 45.7 Å². The van der Waals surface area contributed by atoms with Crippen LogP contribution in [0.4, 0.5) is 5.69 Å². The molecule has 0 aromatic heterocycles. The Balaban J connectivity index is 2.17. The van der Waals surface area contributed by atoms with Gasteiger partial charge in [-0.1, -0.05) is 42.8 Å². The maximum Gasteiger partial charge on any atom is 0.242 e. The van der Waals surface area contributed by atoms with Gasteiger partial charge in [0.2, 0.25) is 21.8 Å². The molecule has 0 bridgehead atoms. The Bertz CT molecular complexity index is 1090. The van der Waals surface area contributed by atoms with Gasteiger partial charge in [-0.25, -0.2) is 8.42 Å². The number of rotatable bonds is 13. The Kier molecular flexibility index (Phi) is 10.9. The normalized spacial score (nSPS) is 12.0. The molecule has 35 heavy (non-hydrogen) atoms. The molecule has 10 heteroatoms. The third-order valence-electron chi connectivity index (χ3n) is 5.49. The van der Waals surface area contributed by atoms with Crippen LogP contribution in [0.2, 0.25) is 5.02 Å². The van der Waals surface area contributed by atoms with Gasteiger partial charge in [0, 0.05) is 31.1 Å². The molecule has 8 nitrogen and oxygen atoms in total. The molecule has 0 spiro atoms. The number of para-hydroxylation sites is 2. The van der Waals surface area contributed by atoms with Crippen LogP contribution in [-0.4, -0.2) is 57.6 Å². The lowest BCUT2D eigenvalue weighted by atomic mass is 10.1. The van der Waals surface area contributed by atoms with Crippen LogP contribution in [0.3, 0.4) is 0 Å². The fourth-order valence-electron chi connectivity index (χ4n) is 3.58. The van der Waals surface area contributed by atoms with Crippen LogP contribution < -0.4 is 14.4 Å². The summed E-state index contributed by atoms with van der Waals surface area (Å²) in [6, 6.07) is 13.2. The van der Waals surface area contributed by atoms with Crippen molar-refractivity contribution < 1.29 is 22.7 Å². The summed E-state index contributed by atoms with van der Waals surface area (Å²) in [6.07, 6.45) is 2.24. The molecular formula is C25H34ClN3O5S. The topological polar surface area (TPSA) is 96.0 Å². The van der Waals surface area contributed by atoms with Gasteiger partial charge >= 0.3 is 0 Å². The molecule has 0 heterocycles. The molecule has 0 fully saturated rings. The number of nitrogens with zero attached hydrogens (tertiary/aromatic N) is 2. The van der Waals surface area contributed by atoms with E-state index in [0.29, 0.717) is 23.0 Å². The molecule has 2 amide bonds. The number of amides is 2. The Hall–Kier alpha value is -2.78. The smallest absolute Gasteiger partial charge is 0.242 e. The van der Waals surface area contributed by atoms with Gasteiger partial charge in [-0.15, -0.1) is 0 Å². The number of methoxy groups -OCH3 is 1. The van der Waals surface area contributed by atoms with Gasteiger partial charge in [-0.2, -0.15) is 0 Å². The van der Waals surface area contributed by atoms with Gasteiger partial charge in [0.25, 0.3) is 0 Å². The number of nitrogens with one attached hydrogen (secondary N) is 1. The molecular weight excluding hydrogens is 490 g/mol. The second-order valence-corrected chi connectivity index (χ2v) is 10.6. The van der Waals surface area contributed by atoms with Crippen LogP contribution in [0.15, 0.2) is 48.5 Å². The van der Waals surface area contributed by atoms with E-state index in [-0.39, 0.29) is 37.7 Å². The number of sulfonamides is 1. The van der Waals surface area contributed by atoms with E-state index in [4.69, 9.17) is 16.3 Å². The lowest BCUT2D eigenvalue weighted by Gasteiger charge is -2.29. The van der Waals surface area contributed by atoms with E-state index in [9.17, 15) is 18.0 Å². The number of ether oxygens (including phenoxy) is 1. The number of benzene rings is 2. The van der Waals surface area contributed by atoms with Crippen molar-refractivity contribution in [3.63, 3.8) is 0 Å². The second kappa shape index (κ2) is 13.3. The Morgan fingerprint density at radius 3 is 2.37 bits per heavy atom. The molecule has 192 valence electrons. The summed E-state index contributed by atoms with van der Waals surface area (Å²) in [5.41, 5.74) is 1.25. The van der Waals surface area contributed by atoms with Crippen molar-refractivity contribution in [3.05, 3.63) is 59.1 Å². The van der Waals surface area contributed by atoms with E-state index in [1.807, 2.05) is 19.1 Å². The van der Waals surface area contributed by atoms with Gasteiger partial charge in [0.1, 0.15) is 11.8 Å². The van der Waals surface area contributed by atoms with Crippen LogP contribution in [-0.2, 0) is 26.2 Å². The van der Waals surface area contributed by atoms with Crippen molar-refractivity contribution in [3.8, 4) is 5.75 Å². The lowest BCUT2D eigenvalue weighted by Crippen LogP contribution is -2.47. The molecule has 0 saturated carbocycles. The highest BCUT2D eigenvalue weighted by molar-refractivity contribution is 7.92. The van der Waals surface area contributed by atoms with E-state index >= 15 is 0 Å². The van der Waals surface area contributed by atoms with Crippen LogP contribution >= 0.6 is 11.6 Å². The largest absolute Gasteiger partial charge is 0.495 e. The quantitative estimate of drug-likeness (QED) is 0.430. The second-order valence-electron chi connectivity index (χ2n) is 8.23. The first-order valence-corrected chi connectivity index (χ1v) is 13.7. The molecule has 0 aliphatic rings. The number of halogens is 1. The maximum absolute atomic E-state index is 13.3. The average Bonchev–Trinajstić information content (AvgIpc) is 2.83. The van der Waals surface area contributed by atoms with Gasteiger partial charge < -0.3 is 15.0 Å². The number of anilines is 1. The first kappa shape index (κ1) is 28.5. The van der Waals surface area contributed by atoms with E-state index in [2.05, 4.69) is 5.32 Å². The highest BCUT2D eigenvalue weighted by Crippen LogP contribution is 2.29. The zero-order valence-corrected chi connectivity index (χ0v) is 22.2. The highest BCUT2D eigenvalue weighted by atomic mass is 35.5. The van der Waals surface area contributed by atoms with Gasteiger partial charge in [-0.05, 0) is 49.6 Å². The van der Waals surface area contributed by atoms with Crippen LogP contribution in [0.1, 0.15) is 38.7 Å². The molecule has 1 N–H and O–H groups in total. The number of carbonyl (C=O) groups is 2. The fraction of sp³-hybridized carbons (Fsp3) is 0.440. The Morgan fingerprint density at radius 2 is 1.77 bits per heavy atom. The third-order valence-corrected chi connectivity index (χ3v) is 6.92. The van der Waals surface area contributed by atoms with E-state index < -0.39 is 16.1 Å². The summed E-state index contributed by atoms with van der Waals surface area (Å²) in [5.74, 6) is -0.0524. The van der Waals surface area contributed by atoms with Gasteiger partial charge in [-0.3, -0.25) is 13.9 Å². The summed E-state index contributed by atoms with van der Waals surface area (Å²) >= 11 is 5.98. The lowest BCUT2D eigenvalue weighted by molar-refractivity contribution is -0.140. The first-order valence-electron chi connectivity index (χ1n) is 11.5. The summed E-state index contributed by atoms with van der Waals surface area (Å²) in [6.45, 7) is 4.50. The minimum atomic E-state index is -3.61. The SMILES string of the molecule is CCCNC(=O)[C@H](C)N(Cc1ccc(Cl)cc1)C(=O)CCCN(c1ccccc1OC)S(C)(=O)=O. The van der Waals surface area contributed by atoms with Crippen molar-refractivity contribution in [2.75, 3.05) is 30.8 Å². The third kappa shape index (κ3) is 8.43. The van der Waals surface area contributed by atoms with Crippen LogP contribution in [0.5, 0.6) is 5.75 Å². The maximum atomic E-state index is 13.3. The summed E-state index contributed by atoms with van der Waals surface area (Å²) < 4.78 is 31.5. The highest BCUT2D eigenvalue weighted by Gasteiger charge is 2.27. The summed E-state index contributed by atoms with van der Waals surface area (Å²) in [7, 11) is -2.13.